The van der Waals surface area contributed by atoms with Crippen LogP contribution in [-0.2, 0) is 0 Å². The van der Waals surface area contributed by atoms with Crippen LogP contribution in [0.25, 0.3) is 0 Å². The monoisotopic (exact) mass is 289 g/mol. The predicted molar refractivity (Wildman–Crippen MR) is 86.8 cm³/mol. The second kappa shape index (κ2) is 7.46. The fourth-order valence-corrected chi connectivity index (χ4v) is 2.79. The molecule has 0 bridgehead atoms. The summed E-state index contributed by atoms with van der Waals surface area (Å²) >= 11 is 1.79. The molecule has 0 aliphatic carbocycles. The van der Waals surface area contributed by atoms with Gasteiger partial charge in [-0.2, -0.15) is 0 Å². The van der Waals surface area contributed by atoms with E-state index in [1.807, 2.05) is 0 Å². The molecule has 1 aromatic carbocycles. The van der Waals surface area contributed by atoms with E-state index in [1.165, 1.54) is 10.4 Å². The first kappa shape index (κ1) is 15.1. The van der Waals surface area contributed by atoms with Crippen LogP contribution in [-0.4, -0.2) is 13.2 Å². The Morgan fingerprint density at radius 1 is 1.10 bits per heavy atom. The Hall–Kier alpha value is -1.32. The summed E-state index contributed by atoms with van der Waals surface area (Å²) in [6.45, 7) is 8.13. The number of hydrogen-bond acceptors (Lipinski definition) is 3. The van der Waals surface area contributed by atoms with Crippen molar-refractivity contribution in [1.82, 2.24) is 5.32 Å². The van der Waals surface area contributed by atoms with Gasteiger partial charge in [-0.05, 0) is 42.0 Å². The summed E-state index contributed by atoms with van der Waals surface area (Å²) in [5.74, 6) is 1.51. The molecule has 0 aliphatic rings. The highest BCUT2D eigenvalue weighted by molar-refractivity contribution is 7.10. The smallest absolute Gasteiger partial charge is 0.119 e. The van der Waals surface area contributed by atoms with Gasteiger partial charge >= 0.3 is 0 Å². The molecule has 2 nitrogen and oxygen atoms in total. The Balaban J connectivity index is 1.70. The first-order valence-electron chi connectivity index (χ1n) is 7.16. The lowest BCUT2D eigenvalue weighted by Gasteiger charge is -2.13. The van der Waals surface area contributed by atoms with Crippen molar-refractivity contribution >= 4 is 11.3 Å². The van der Waals surface area contributed by atoms with Gasteiger partial charge in [-0.3, -0.25) is 0 Å². The molecule has 1 unspecified atom stereocenters. The molecule has 1 aromatic heterocycles. The summed E-state index contributed by atoms with van der Waals surface area (Å²) in [5, 5.41) is 5.58. The Labute approximate surface area is 125 Å². The third-order valence-corrected chi connectivity index (χ3v) is 4.39. The van der Waals surface area contributed by atoms with E-state index in [9.17, 15) is 0 Å². The van der Waals surface area contributed by atoms with Gasteiger partial charge in [0.25, 0.3) is 0 Å². The minimum Gasteiger partial charge on any atom is -0.492 e. The first-order chi connectivity index (χ1) is 9.66. The fourth-order valence-electron chi connectivity index (χ4n) is 2.03. The van der Waals surface area contributed by atoms with Crippen LogP contribution in [0.2, 0.25) is 0 Å². The maximum atomic E-state index is 5.75. The number of nitrogens with one attached hydrogen (secondary N) is 1. The van der Waals surface area contributed by atoms with Crippen LogP contribution in [0.5, 0.6) is 5.75 Å². The molecule has 20 heavy (non-hydrogen) atoms. The Morgan fingerprint density at radius 2 is 1.85 bits per heavy atom. The molecule has 108 valence electrons. The molecule has 3 heteroatoms. The Kier molecular flexibility index (Phi) is 5.62. The minimum atomic E-state index is 0.391. The average molecular weight is 289 g/mol. The second-order valence-corrected chi connectivity index (χ2v) is 6.24. The van der Waals surface area contributed by atoms with Crippen molar-refractivity contribution in [3.8, 4) is 5.75 Å². The number of rotatable bonds is 7. The van der Waals surface area contributed by atoms with E-state index >= 15 is 0 Å². The molecule has 0 fully saturated rings. The molecule has 0 radical (unpaired) electrons. The first-order valence-corrected chi connectivity index (χ1v) is 8.04. The summed E-state index contributed by atoms with van der Waals surface area (Å²) in [6.07, 6.45) is 0. The molecule has 2 aromatic rings. The van der Waals surface area contributed by atoms with Crippen molar-refractivity contribution in [2.45, 2.75) is 32.7 Å². The molecule has 1 N–H and O–H groups in total. The van der Waals surface area contributed by atoms with E-state index in [0.29, 0.717) is 18.6 Å². The quantitative estimate of drug-likeness (QED) is 0.752. The van der Waals surface area contributed by atoms with Gasteiger partial charge in [0.15, 0.2) is 0 Å². The summed E-state index contributed by atoms with van der Waals surface area (Å²) < 4.78 is 5.75. The van der Waals surface area contributed by atoms with Gasteiger partial charge in [-0.15, -0.1) is 11.3 Å². The third-order valence-electron chi connectivity index (χ3n) is 3.34. The van der Waals surface area contributed by atoms with Crippen LogP contribution >= 0.6 is 11.3 Å². The lowest BCUT2D eigenvalue weighted by Crippen LogP contribution is -2.23. The summed E-state index contributed by atoms with van der Waals surface area (Å²) in [5.41, 5.74) is 1.35. The molecule has 0 saturated heterocycles. The van der Waals surface area contributed by atoms with E-state index in [-0.39, 0.29) is 0 Å². The largest absolute Gasteiger partial charge is 0.492 e. The number of ether oxygens (including phenoxy) is 1. The van der Waals surface area contributed by atoms with Crippen LogP contribution in [0.1, 0.15) is 43.2 Å². The summed E-state index contributed by atoms with van der Waals surface area (Å²) in [6, 6.07) is 13.0. The van der Waals surface area contributed by atoms with Crippen LogP contribution in [0, 0.1) is 0 Å². The van der Waals surface area contributed by atoms with Crippen LogP contribution in [0.3, 0.4) is 0 Å². The molecule has 0 amide bonds. The van der Waals surface area contributed by atoms with Gasteiger partial charge in [-0.1, -0.05) is 32.0 Å². The zero-order valence-electron chi connectivity index (χ0n) is 12.4. The molecule has 1 atom stereocenters. The zero-order chi connectivity index (χ0) is 14.4. The van der Waals surface area contributed by atoms with Gasteiger partial charge in [0.2, 0.25) is 0 Å². The second-order valence-electron chi connectivity index (χ2n) is 5.26. The van der Waals surface area contributed by atoms with Gasteiger partial charge in [0.1, 0.15) is 12.4 Å². The summed E-state index contributed by atoms with van der Waals surface area (Å²) in [4.78, 5) is 1.37. The van der Waals surface area contributed by atoms with Crippen molar-refractivity contribution in [2.24, 2.45) is 0 Å². The predicted octanol–water partition coefficient (Wildman–Crippen LogP) is 4.60. The minimum absolute atomic E-state index is 0.391. The Morgan fingerprint density at radius 3 is 2.45 bits per heavy atom. The molecule has 1 heterocycles. The number of thiophene rings is 1. The molecular formula is C17H23NOS. The van der Waals surface area contributed by atoms with E-state index in [0.717, 1.165) is 12.3 Å². The number of hydrogen-bond donors (Lipinski definition) is 1. The lowest BCUT2D eigenvalue weighted by molar-refractivity contribution is 0.308. The maximum Gasteiger partial charge on any atom is 0.119 e. The average Bonchev–Trinajstić information content (AvgIpc) is 2.98. The standard InChI is InChI=1S/C17H23NOS/c1-13(2)15-6-8-16(9-7-15)19-11-10-18-14(3)17-5-4-12-20-17/h4-9,12-14,18H,10-11H2,1-3H3. The SMILES string of the molecule is CC(C)c1ccc(OCCNC(C)c2cccs2)cc1. The van der Waals surface area contributed by atoms with Gasteiger partial charge < -0.3 is 10.1 Å². The van der Waals surface area contributed by atoms with Crippen molar-refractivity contribution in [2.75, 3.05) is 13.2 Å². The highest BCUT2D eigenvalue weighted by Gasteiger charge is 2.05. The molecule has 0 saturated carbocycles. The molecule has 2 rings (SSSR count). The van der Waals surface area contributed by atoms with Crippen LogP contribution in [0.15, 0.2) is 41.8 Å². The van der Waals surface area contributed by atoms with E-state index in [4.69, 9.17) is 4.74 Å². The third kappa shape index (κ3) is 4.36. The fraction of sp³-hybridized carbons (Fsp3) is 0.412. The number of benzene rings is 1. The normalized spacial score (nSPS) is 12.6. The van der Waals surface area contributed by atoms with Gasteiger partial charge in [-0.25, -0.2) is 0 Å². The Bertz CT molecular complexity index is 490. The summed E-state index contributed by atoms with van der Waals surface area (Å²) in [7, 11) is 0. The van der Waals surface area contributed by atoms with Crippen LogP contribution in [0.4, 0.5) is 0 Å². The topological polar surface area (TPSA) is 21.3 Å². The van der Waals surface area contributed by atoms with E-state index in [1.54, 1.807) is 11.3 Å². The molecular weight excluding hydrogens is 266 g/mol. The van der Waals surface area contributed by atoms with E-state index < -0.39 is 0 Å². The highest BCUT2D eigenvalue weighted by Crippen LogP contribution is 2.19. The van der Waals surface area contributed by atoms with Crippen molar-refractivity contribution < 1.29 is 4.74 Å². The van der Waals surface area contributed by atoms with Crippen molar-refractivity contribution in [3.63, 3.8) is 0 Å². The lowest BCUT2D eigenvalue weighted by atomic mass is 10.0. The maximum absolute atomic E-state index is 5.75. The highest BCUT2D eigenvalue weighted by atomic mass is 32.1. The van der Waals surface area contributed by atoms with Crippen LogP contribution < -0.4 is 10.1 Å². The van der Waals surface area contributed by atoms with Crippen molar-refractivity contribution in [3.05, 3.63) is 52.2 Å². The van der Waals surface area contributed by atoms with Crippen molar-refractivity contribution in [1.29, 1.82) is 0 Å². The van der Waals surface area contributed by atoms with Gasteiger partial charge in [0.05, 0.1) is 0 Å². The van der Waals surface area contributed by atoms with E-state index in [2.05, 4.69) is 67.9 Å². The van der Waals surface area contributed by atoms with Gasteiger partial charge in [0, 0.05) is 17.5 Å². The zero-order valence-corrected chi connectivity index (χ0v) is 13.2. The molecule has 0 spiro atoms. The molecule has 0 aliphatic heterocycles.